The lowest BCUT2D eigenvalue weighted by Crippen LogP contribution is -2.49. The smallest absolute Gasteiger partial charge is 0.409 e. The Labute approximate surface area is 201 Å². The largest absolute Gasteiger partial charge is 0.480 e. The van der Waals surface area contributed by atoms with Gasteiger partial charge in [-0.05, 0) is 76.6 Å². The van der Waals surface area contributed by atoms with Crippen molar-refractivity contribution in [1.82, 2.24) is 20.2 Å². The Morgan fingerprint density at radius 3 is 2.76 bits per heavy atom. The molecule has 182 valence electrons. The highest BCUT2D eigenvalue weighted by molar-refractivity contribution is 5.74. The van der Waals surface area contributed by atoms with Crippen LogP contribution in [0.3, 0.4) is 0 Å². The second-order valence-corrected chi connectivity index (χ2v) is 11.4. The number of nitrogens with one attached hydrogen (secondary N) is 2. The summed E-state index contributed by atoms with van der Waals surface area (Å²) in [5, 5.41) is 3.62. The third-order valence-corrected chi connectivity index (χ3v) is 8.08. The maximum absolute atomic E-state index is 12.6. The Balaban J connectivity index is 1.30. The van der Waals surface area contributed by atoms with Gasteiger partial charge in [-0.25, -0.2) is 9.78 Å². The van der Waals surface area contributed by atoms with Crippen LogP contribution in [0.25, 0.3) is 11.3 Å². The quantitative estimate of drug-likeness (QED) is 0.678. The van der Waals surface area contributed by atoms with Crippen molar-refractivity contribution in [2.24, 2.45) is 5.92 Å². The van der Waals surface area contributed by atoms with Crippen LogP contribution in [-0.4, -0.2) is 52.7 Å². The molecule has 2 saturated heterocycles. The molecule has 3 aliphatic heterocycles. The van der Waals surface area contributed by atoms with Gasteiger partial charge in [0.05, 0.1) is 18.0 Å². The van der Waals surface area contributed by atoms with Crippen molar-refractivity contribution in [3.8, 4) is 17.0 Å². The molecule has 2 aromatic rings. The van der Waals surface area contributed by atoms with Gasteiger partial charge >= 0.3 is 6.09 Å². The number of benzene rings is 1. The van der Waals surface area contributed by atoms with Crippen LogP contribution in [0.15, 0.2) is 18.2 Å². The second-order valence-electron chi connectivity index (χ2n) is 11.4. The van der Waals surface area contributed by atoms with Gasteiger partial charge in [0.1, 0.15) is 11.6 Å². The normalized spacial score (nSPS) is 24.8. The number of amides is 1. The number of aromatic nitrogens is 2. The van der Waals surface area contributed by atoms with Crippen molar-refractivity contribution in [2.75, 3.05) is 26.2 Å². The Kier molecular flexibility index (Phi) is 5.17. The van der Waals surface area contributed by atoms with E-state index in [-0.39, 0.29) is 11.6 Å². The third-order valence-electron chi connectivity index (χ3n) is 8.08. The lowest BCUT2D eigenvalue weighted by atomic mass is 9.83. The average molecular weight is 465 g/mol. The molecule has 3 fully saturated rings. The Hall–Kier alpha value is -2.54. The molecule has 1 saturated carbocycles. The number of likely N-dealkylation sites (tertiary alicyclic amines) is 1. The van der Waals surface area contributed by atoms with Crippen LogP contribution in [0, 0.1) is 12.8 Å². The Bertz CT molecular complexity index is 1100. The van der Waals surface area contributed by atoms with E-state index < -0.39 is 5.60 Å². The predicted octanol–water partition coefficient (Wildman–Crippen LogP) is 4.86. The van der Waals surface area contributed by atoms with E-state index in [0.29, 0.717) is 31.5 Å². The number of aromatic amines is 1. The van der Waals surface area contributed by atoms with E-state index in [1.807, 2.05) is 4.90 Å². The summed E-state index contributed by atoms with van der Waals surface area (Å²) in [4.78, 5) is 23.4. The molecule has 1 aliphatic carbocycles. The maximum Gasteiger partial charge on any atom is 0.409 e. The molecule has 7 nitrogen and oxygen atoms in total. The fourth-order valence-electron chi connectivity index (χ4n) is 5.86. The van der Waals surface area contributed by atoms with Crippen molar-refractivity contribution < 1.29 is 14.3 Å². The zero-order chi connectivity index (χ0) is 23.5. The molecule has 1 unspecified atom stereocenters. The van der Waals surface area contributed by atoms with Gasteiger partial charge in [-0.15, -0.1) is 0 Å². The predicted molar refractivity (Wildman–Crippen MR) is 130 cm³/mol. The van der Waals surface area contributed by atoms with Crippen LogP contribution in [0.1, 0.15) is 75.4 Å². The molecule has 0 radical (unpaired) electrons. The van der Waals surface area contributed by atoms with E-state index in [9.17, 15) is 4.79 Å². The molecule has 4 aliphatic rings. The molecule has 1 atom stereocenters. The van der Waals surface area contributed by atoms with Gasteiger partial charge in [-0.1, -0.05) is 6.07 Å². The zero-order valence-corrected chi connectivity index (χ0v) is 20.6. The minimum Gasteiger partial charge on any atom is -0.480 e. The number of carbonyl (C=O) groups excluding carboxylic acids is 1. The number of piperidine rings is 2. The number of hydrogen-bond donors (Lipinski definition) is 2. The zero-order valence-electron chi connectivity index (χ0n) is 20.6. The lowest BCUT2D eigenvalue weighted by Gasteiger charge is -2.43. The fourth-order valence-corrected chi connectivity index (χ4v) is 5.86. The topological polar surface area (TPSA) is 79.5 Å². The number of H-pyrrole nitrogens is 1. The van der Waals surface area contributed by atoms with E-state index in [2.05, 4.69) is 49.3 Å². The van der Waals surface area contributed by atoms with Crippen LogP contribution in [-0.2, 0) is 10.3 Å². The lowest BCUT2D eigenvalue weighted by molar-refractivity contribution is -0.00891. The van der Waals surface area contributed by atoms with Crippen LogP contribution >= 0.6 is 0 Å². The summed E-state index contributed by atoms with van der Waals surface area (Å²) in [7, 11) is 0. The van der Waals surface area contributed by atoms with Gasteiger partial charge in [0.25, 0.3) is 0 Å². The number of carbonyl (C=O) groups is 1. The Morgan fingerprint density at radius 1 is 1.24 bits per heavy atom. The van der Waals surface area contributed by atoms with Gasteiger partial charge in [-0.2, -0.15) is 0 Å². The van der Waals surface area contributed by atoms with Crippen molar-refractivity contribution >= 4 is 6.09 Å². The first-order valence-electron chi connectivity index (χ1n) is 12.9. The van der Waals surface area contributed by atoms with Crippen molar-refractivity contribution in [3.05, 3.63) is 35.3 Å². The van der Waals surface area contributed by atoms with Crippen molar-refractivity contribution in [1.29, 1.82) is 0 Å². The van der Waals surface area contributed by atoms with Crippen molar-refractivity contribution in [2.45, 2.75) is 76.4 Å². The molecule has 1 aromatic heterocycles. The summed E-state index contributed by atoms with van der Waals surface area (Å²) in [6, 6.07) is 6.39. The molecule has 1 amide bonds. The number of hydrogen-bond acceptors (Lipinski definition) is 5. The number of aryl methyl sites for hydroxylation is 1. The monoisotopic (exact) mass is 464 g/mol. The van der Waals surface area contributed by atoms with Crippen LogP contribution < -0.4 is 10.1 Å². The van der Waals surface area contributed by atoms with E-state index >= 15 is 0 Å². The van der Waals surface area contributed by atoms with Gasteiger partial charge in [0.15, 0.2) is 5.60 Å². The highest BCUT2D eigenvalue weighted by Crippen LogP contribution is 2.49. The third kappa shape index (κ3) is 3.98. The maximum atomic E-state index is 12.6. The molecule has 1 spiro atoms. The molecular formula is C27H36N4O3. The van der Waals surface area contributed by atoms with E-state index in [1.165, 1.54) is 18.4 Å². The van der Waals surface area contributed by atoms with Gasteiger partial charge in [-0.3, -0.25) is 0 Å². The summed E-state index contributed by atoms with van der Waals surface area (Å²) >= 11 is 0. The highest BCUT2D eigenvalue weighted by atomic mass is 16.6. The molecule has 2 N–H and O–H groups in total. The first-order valence-corrected chi connectivity index (χ1v) is 12.9. The average Bonchev–Trinajstić information content (AvgIpc) is 3.52. The minimum absolute atomic E-state index is 0.103. The van der Waals surface area contributed by atoms with Crippen molar-refractivity contribution in [3.63, 3.8) is 0 Å². The first-order chi connectivity index (χ1) is 16.3. The number of rotatable bonds is 3. The SMILES string of the molecule is Cc1ccc2c(c1)OC1(CCN(C(=O)OCC3CC3)CC1)c1[nH]c(C3CCNC(C)(C)C3)nc1-2. The molecule has 0 bridgehead atoms. The van der Waals surface area contributed by atoms with E-state index in [1.54, 1.807) is 0 Å². The fraction of sp³-hybridized carbons (Fsp3) is 0.630. The molecular weight excluding hydrogens is 428 g/mol. The number of imidazole rings is 1. The van der Waals surface area contributed by atoms with Gasteiger partial charge < -0.3 is 24.7 Å². The summed E-state index contributed by atoms with van der Waals surface area (Å²) in [5.74, 6) is 2.95. The molecule has 6 rings (SSSR count). The van der Waals surface area contributed by atoms with Gasteiger partial charge in [0, 0.05) is 43.0 Å². The van der Waals surface area contributed by atoms with Crippen LogP contribution in [0.2, 0.25) is 0 Å². The summed E-state index contributed by atoms with van der Waals surface area (Å²) in [5.41, 5.74) is 3.96. The van der Waals surface area contributed by atoms with E-state index in [0.717, 1.165) is 60.8 Å². The minimum atomic E-state index is -0.489. The van der Waals surface area contributed by atoms with E-state index in [4.69, 9.17) is 14.5 Å². The molecule has 4 heterocycles. The summed E-state index contributed by atoms with van der Waals surface area (Å²) in [6.07, 6.45) is 5.76. The van der Waals surface area contributed by atoms with Gasteiger partial charge in [0.2, 0.25) is 0 Å². The number of nitrogens with zero attached hydrogens (tertiary/aromatic N) is 2. The first kappa shape index (κ1) is 22.0. The molecule has 7 heteroatoms. The second kappa shape index (κ2) is 8.01. The van der Waals surface area contributed by atoms with Crippen LogP contribution in [0.4, 0.5) is 4.79 Å². The van der Waals surface area contributed by atoms with Crippen LogP contribution in [0.5, 0.6) is 5.75 Å². The summed E-state index contributed by atoms with van der Waals surface area (Å²) in [6.45, 7) is 9.43. The standard InChI is InChI=1S/C27H36N4O3/c1-17-4-7-20-21(14-17)34-27(9-12-31(13-10-27)25(32)33-16-18-5-6-18)23-22(20)29-24(30-23)19-8-11-28-26(2,3)15-19/h4,7,14,18-19,28H,5-6,8-13,15-16H2,1-3H3,(H,29,30). The molecule has 34 heavy (non-hydrogen) atoms. The number of ether oxygens (including phenoxy) is 2. The molecule has 1 aromatic carbocycles. The highest BCUT2D eigenvalue weighted by Gasteiger charge is 2.47. The summed E-state index contributed by atoms with van der Waals surface area (Å²) < 4.78 is 12.3. The Morgan fingerprint density at radius 2 is 2.03 bits per heavy atom. The number of fused-ring (bicyclic) bond motifs is 4.